The number of nitrogen functional groups attached to an aromatic ring is 1. The summed E-state index contributed by atoms with van der Waals surface area (Å²) in [6.45, 7) is 0. The zero-order chi connectivity index (χ0) is 16.6. The number of hydrogen-bond donors (Lipinski definition) is 3. The Morgan fingerprint density at radius 1 is 1.22 bits per heavy atom. The molecule has 0 fully saturated rings. The SMILES string of the molecule is Nc1[nH]c2cccnc2c(=O)c1C(=O)Nc1cccc(F)c1F. The van der Waals surface area contributed by atoms with Gasteiger partial charge in [0.2, 0.25) is 5.43 Å². The molecule has 4 N–H and O–H groups in total. The molecule has 0 aliphatic heterocycles. The number of rotatable bonds is 2. The van der Waals surface area contributed by atoms with Crippen LogP contribution in [0.2, 0.25) is 0 Å². The lowest BCUT2D eigenvalue weighted by molar-refractivity contribution is 0.102. The molecule has 0 bridgehead atoms. The number of anilines is 2. The third kappa shape index (κ3) is 2.50. The van der Waals surface area contributed by atoms with Crippen LogP contribution in [-0.2, 0) is 0 Å². The topological polar surface area (TPSA) is 101 Å². The molecule has 116 valence electrons. The van der Waals surface area contributed by atoms with Gasteiger partial charge in [0.1, 0.15) is 16.9 Å². The van der Waals surface area contributed by atoms with Crippen LogP contribution in [-0.4, -0.2) is 15.9 Å². The summed E-state index contributed by atoms with van der Waals surface area (Å²) in [5.74, 6) is -3.50. The Balaban J connectivity index is 2.08. The number of nitrogens with one attached hydrogen (secondary N) is 2. The molecule has 8 heteroatoms. The van der Waals surface area contributed by atoms with E-state index in [9.17, 15) is 18.4 Å². The number of carbonyl (C=O) groups is 1. The van der Waals surface area contributed by atoms with Gasteiger partial charge in [-0.3, -0.25) is 14.6 Å². The highest BCUT2D eigenvalue weighted by atomic mass is 19.2. The highest BCUT2D eigenvalue weighted by Gasteiger charge is 2.20. The lowest BCUT2D eigenvalue weighted by atomic mass is 10.2. The number of H-pyrrole nitrogens is 1. The standard InChI is InChI=1S/C15H10F2N4O2/c16-7-3-1-4-8(11(7)17)21-15(23)10-13(22)12-9(20-14(10)18)5-2-6-19-12/h1-6H,(H,21,23)(H3,18,20,22). The molecule has 0 aliphatic rings. The van der Waals surface area contributed by atoms with Crippen molar-refractivity contribution in [3.8, 4) is 0 Å². The summed E-state index contributed by atoms with van der Waals surface area (Å²) in [6, 6.07) is 6.48. The molecule has 0 saturated carbocycles. The van der Waals surface area contributed by atoms with Crippen molar-refractivity contribution in [1.29, 1.82) is 0 Å². The number of fused-ring (bicyclic) bond motifs is 1. The summed E-state index contributed by atoms with van der Waals surface area (Å²) in [5, 5.41) is 2.13. The predicted octanol–water partition coefficient (Wildman–Crippen LogP) is 2.04. The van der Waals surface area contributed by atoms with Crippen molar-refractivity contribution >= 4 is 28.4 Å². The third-order valence-electron chi connectivity index (χ3n) is 3.22. The number of amides is 1. The monoisotopic (exact) mass is 316 g/mol. The number of nitrogens with zero attached hydrogens (tertiary/aromatic N) is 1. The molecule has 2 heterocycles. The first-order valence-electron chi connectivity index (χ1n) is 6.51. The van der Waals surface area contributed by atoms with Gasteiger partial charge in [-0.15, -0.1) is 0 Å². The minimum absolute atomic E-state index is 0.0200. The van der Waals surface area contributed by atoms with E-state index < -0.39 is 34.2 Å². The molecule has 0 saturated heterocycles. The molecule has 1 amide bonds. The number of aromatic amines is 1. The number of carbonyl (C=O) groups excluding carboxylic acids is 1. The summed E-state index contributed by atoms with van der Waals surface area (Å²) in [7, 11) is 0. The molecule has 0 atom stereocenters. The average Bonchev–Trinajstić information content (AvgIpc) is 2.52. The van der Waals surface area contributed by atoms with Gasteiger partial charge in [0.15, 0.2) is 11.6 Å². The van der Waals surface area contributed by atoms with Crippen molar-refractivity contribution < 1.29 is 13.6 Å². The van der Waals surface area contributed by atoms with Gasteiger partial charge < -0.3 is 16.0 Å². The lowest BCUT2D eigenvalue weighted by Crippen LogP contribution is -2.25. The number of hydrogen-bond acceptors (Lipinski definition) is 4. The van der Waals surface area contributed by atoms with E-state index in [1.54, 1.807) is 12.1 Å². The van der Waals surface area contributed by atoms with Crippen molar-refractivity contribution in [2.45, 2.75) is 0 Å². The van der Waals surface area contributed by atoms with Crippen LogP contribution >= 0.6 is 0 Å². The average molecular weight is 316 g/mol. The van der Waals surface area contributed by atoms with Crippen LogP contribution in [0.25, 0.3) is 11.0 Å². The third-order valence-corrected chi connectivity index (χ3v) is 3.22. The summed E-state index contributed by atoms with van der Waals surface area (Å²) in [4.78, 5) is 31.1. The van der Waals surface area contributed by atoms with E-state index in [4.69, 9.17) is 5.73 Å². The van der Waals surface area contributed by atoms with E-state index in [0.717, 1.165) is 6.07 Å². The first-order valence-corrected chi connectivity index (χ1v) is 6.51. The molecule has 0 aliphatic carbocycles. The molecular formula is C15H10F2N4O2. The van der Waals surface area contributed by atoms with E-state index in [0.29, 0.717) is 5.52 Å². The van der Waals surface area contributed by atoms with E-state index in [1.807, 2.05) is 0 Å². The fourth-order valence-electron chi connectivity index (χ4n) is 2.15. The first kappa shape index (κ1) is 14.6. The number of pyridine rings is 2. The van der Waals surface area contributed by atoms with E-state index in [-0.39, 0.29) is 11.3 Å². The fraction of sp³-hybridized carbons (Fsp3) is 0. The van der Waals surface area contributed by atoms with Gasteiger partial charge >= 0.3 is 0 Å². The Labute approximate surface area is 128 Å². The van der Waals surface area contributed by atoms with Gasteiger partial charge in [0.05, 0.1) is 11.2 Å². The van der Waals surface area contributed by atoms with Crippen molar-refractivity contribution in [1.82, 2.24) is 9.97 Å². The Bertz CT molecular complexity index is 985. The summed E-state index contributed by atoms with van der Waals surface area (Å²) >= 11 is 0. The number of benzene rings is 1. The van der Waals surface area contributed by atoms with Crippen molar-refractivity contribution in [2.24, 2.45) is 0 Å². The van der Waals surface area contributed by atoms with Crippen LogP contribution in [0.3, 0.4) is 0 Å². The number of nitrogens with two attached hydrogens (primary N) is 1. The highest BCUT2D eigenvalue weighted by molar-refractivity contribution is 6.08. The van der Waals surface area contributed by atoms with Gasteiger partial charge in [-0.05, 0) is 24.3 Å². The largest absolute Gasteiger partial charge is 0.384 e. The molecular weight excluding hydrogens is 306 g/mol. The van der Waals surface area contributed by atoms with E-state index in [1.165, 1.54) is 18.3 Å². The molecule has 0 radical (unpaired) electrons. The van der Waals surface area contributed by atoms with Crippen molar-refractivity contribution in [2.75, 3.05) is 11.1 Å². The Morgan fingerprint density at radius 2 is 2.00 bits per heavy atom. The maximum Gasteiger partial charge on any atom is 0.263 e. The Kier molecular flexibility index (Phi) is 3.49. The van der Waals surface area contributed by atoms with Crippen LogP contribution in [0.1, 0.15) is 10.4 Å². The minimum Gasteiger partial charge on any atom is -0.384 e. The van der Waals surface area contributed by atoms with E-state index in [2.05, 4.69) is 15.3 Å². The van der Waals surface area contributed by atoms with E-state index >= 15 is 0 Å². The van der Waals surface area contributed by atoms with Gasteiger partial charge in [0.25, 0.3) is 5.91 Å². The molecule has 2 aromatic heterocycles. The van der Waals surface area contributed by atoms with Gasteiger partial charge in [-0.25, -0.2) is 8.78 Å². The molecule has 6 nitrogen and oxygen atoms in total. The summed E-state index contributed by atoms with van der Waals surface area (Å²) in [5.41, 5.74) is 4.57. The fourth-order valence-corrected chi connectivity index (χ4v) is 2.15. The van der Waals surface area contributed by atoms with Crippen LogP contribution in [0, 0.1) is 11.6 Å². The second-order valence-corrected chi connectivity index (χ2v) is 4.70. The first-order chi connectivity index (χ1) is 11.0. The van der Waals surface area contributed by atoms with Gasteiger partial charge in [0, 0.05) is 6.20 Å². The van der Waals surface area contributed by atoms with Crippen molar-refractivity contribution in [3.05, 3.63) is 63.9 Å². The summed E-state index contributed by atoms with van der Waals surface area (Å²) < 4.78 is 26.8. The number of aromatic nitrogens is 2. The molecule has 1 aromatic carbocycles. The zero-order valence-electron chi connectivity index (χ0n) is 11.6. The molecule has 3 aromatic rings. The molecule has 0 spiro atoms. The molecule has 0 unspecified atom stereocenters. The minimum atomic E-state index is -1.23. The van der Waals surface area contributed by atoms with Gasteiger partial charge in [-0.1, -0.05) is 6.07 Å². The Morgan fingerprint density at radius 3 is 2.78 bits per heavy atom. The maximum absolute atomic E-state index is 13.6. The quantitative estimate of drug-likeness (QED) is 0.673. The normalized spacial score (nSPS) is 10.7. The second kappa shape index (κ2) is 5.48. The Hall–Kier alpha value is -3.29. The van der Waals surface area contributed by atoms with Crippen LogP contribution in [0.4, 0.5) is 20.3 Å². The lowest BCUT2D eigenvalue weighted by Gasteiger charge is -2.09. The van der Waals surface area contributed by atoms with Crippen LogP contribution in [0.15, 0.2) is 41.3 Å². The molecule has 23 heavy (non-hydrogen) atoms. The van der Waals surface area contributed by atoms with Gasteiger partial charge in [-0.2, -0.15) is 0 Å². The van der Waals surface area contributed by atoms with Crippen molar-refractivity contribution in [3.63, 3.8) is 0 Å². The smallest absolute Gasteiger partial charge is 0.263 e. The number of halogens is 2. The molecule has 3 rings (SSSR count). The maximum atomic E-state index is 13.6. The highest BCUT2D eigenvalue weighted by Crippen LogP contribution is 2.18. The second-order valence-electron chi connectivity index (χ2n) is 4.70. The predicted molar refractivity (Wildman–Crippen MR) is 81.1 cm³/mol. The van der Waals surface area contributed by atoms with Crippen LogP contribution in [0.5, 0.6) is 0 Å². The van der Waals surface area contributed by atoms with Crippen LogP contribution < -0.4 is 16.5 Å². The zero-order valence-corrected chi connectivity index (χ0v) is 11.6. The summed E-state index contributed by atoms with van der Waals surface area (Å²) in [6.07, 6.45) is 1.39.